The van der Waals surface area contributed by atoms with Gasteiger partial charge in [-0.25, -0.2) is 0 Å². The van der Waals surface area contributed by atoms with Crippen LogP contribution >= 0.6 is 0 Å². The van der Waals surface area contributed by atoms with Gasteiger partial charge in [-0.2, -0.15) is 0 Å². The number of carbonyl (C=O) groups is 1. The van der Waals surface area contributed by atoms with Crippen molar-refractivity contribution < 1.29 is 19.4 Å². The van der Waals surface area contributed by atoms with Crippen molar-refractivity contribution in [1.29, 1.82) is 0 Å². The Morgan fingerprint density at radius 3 is 2.67 bits per heavy atom. The molecule has 0 bridgehead atoms. The first-order valence-corrected chi connectivity index (χ1v) is 6.70. The SMILES string of the molecule is CC1CCC(C(=O)N(CCOCCO)C(C)C)O1. The van der Waals surface area contributed by atoms with E-state index >= 15 is 0 Å². The fraction of sp³-hybridized carbons (Fsp3) is 0.923. The number of amides is 1. The lowest BCUT2D eigenvalue weighted by Gasteiger charge is -2.29. The Morgan fingerprint density at radius 2 is 2.17 bits per heavy atom. The summed E-state index contributed by atoms with van der Waals surface area (Å²) in [5.41, 5.74) is 0. The minimum atomic E-state index is -0.291. The Kier molecular flexibility index (Phi) is 6.60. The van der Waals surface area contributed by atoms with Crippen LogP contribution in [0.25, 0.3) is 0 Å². The van der Waals surface area contributed by atoms with E-state index in [0.29, 0.717) is 19.8 Å². The average Bonchev–Trinajstić information content (AvgIpc) is 2.75. The predicted octanol–water partition coefficient (Wildman–Crippen LogP) is 0.800. The molecule has 2 unspecified atom stereocenters. The summed E-state index contributed by atoms with van der Waals surface area (Å²) >= 11 is 0. The van der Waals surface area contributed by atoms with Gasteiger partial charge in [0.05, 0.1) is 25.9 Å². The summed E-state index contributed by atoms with van der Waals surface area (Å²) in [6, 6.07) is 0.134. The van der Waals surface area contributed by atoms with Crippen LogP contribution in [0.3, 0.4) is 0 Å². The van der Waals surface area contributed by atoms with Gasteiger partial charge in [0.2, 0.25) is 0 Å². The summed E-state index contributed by atoms with van der Waals surface area (Å²) in [5.74, 6) is 0.0574. The van der Waals surface area contributed by atoms with Gasteiger partial charge in [-0.1, -0.05) is 0 Å². The van der Waals surface area contributed by atoms with E-state index in [1.807, 2.05) is 20.8 Å². The molecule has 0 saturated carbocycles. The third kappa shape index (κ3) is 4.55. The van der Waals surface area contributed by atoms with Gasteiger partial charge in [0.15, 0.2) is 0 Å². The zero-order valence-electron chi connectivity index (χ0n) is 11.6. The molecule has 5 heteroatoms. The van der Waals surface area contributed by atoms with E-state index in [2.05, 4.69) is 0 Å². The Bertz CT molecular complexity index is 257. The molecule has 1 aliphatic heterocycles. The first-order chi connectivity index (χ1) is 8.56. The normalized spacial score (nSPS) is 23.6. The van der Waals surface area contributed by atoms with Crippen LogP contribution < -0.4 is 0 Å². The molecule has 0 aromatic rings. The third-order valence-corrected chi connectivity index (χ3v) is 3.13. The Hall–Kier alpha value is -0.650. The lowest BCUT2D eigenvalue weighted by atomic mass is 10.1. The smallest absolute Gasteiger partial charge is 0.252 e. The van der Waals surface area contributed by atoms with Crippen molar-refractivity contribution in [3.8, 4) is 0 Å². The molecule has 1 saturated heterocycles. The maximum atomic E-state index is 12.3. The quantitative estimate of drug-likeness (QED) is 0.687. The highest BCUT2D eigenvalue weighted by Gasteiger charge is 2.32. The van der Waals surface area contributed by atoms with Gasteiger partial charge in [-0.15, -0.1) is 0 Å². The number of hydrogen-bond acceptors (Lipinski definition) is 4. The molecule has 1 N–H and O–H groups in total. The van der Waals surface area contributed by atoms with E-state index in [1.54, 1.807) is 4.90 Å². The number of aliphatic hydroxyl groups excluding tert-OH is 1. The summed E-state index contributed by atoms with van der Waals surface area (Å²) in [5, 5.41) is 8.63. The van der Waals surface area contributed by atoms with Gasteiger partial charge in [0.1, 0.15) is 6.10 Å². The van der Waals surface area contributed by atoms with E-state index in [1.165, 1.54) is 0 Å². The Labute approximate surface area is 109 Å². The van der Waals surface area contributed by atoms with Gasteiger partial charge in [-0.3, -0.25) is 4.79 Å². The molecule has 1 amide bonds. The highest BCUT2D eigenvalue weighted by atomic mass is 16.5. The second kappa shape index (κ2) is 7.71. The van der Waals surface area contributed by atoms with Gasteiger partial charge in [-0.05, 0) is 33.6 Å². The van der Waals surface area contributed by atoms with Crippen molar-refractivity contribution in [1.82, 2.24) is 4.90 Å². The van der Waals surface area contributed by atoms with Crippen LogP contribution in [0.1, 0.15) is 33.6 Å². The molecular weight excluding hydrogens is 234 g/mol. The highest BCUT2D eigenvalue weighted by molar-refractivity contribution is 5.81. The molecule has 1 fully saturated rings. The largest absolute Gasteiger partial charge is 0.394 e. The summed E-state index contributed by atoms with van der Waals surface area (Å²) in [6.07, 6.45) is 1.64. The highest BCUT2D eigenvalue weighted by Crippen LogP contribution is 2.21. The first kappa shape index (κ1) is 15.4. The van der Waals surface area contributed by atoms with Crippen molar-refractivity contribution in [2.24, 2.45) is 0 Å². The number of rotatable bonds is 7. The van der Waals surface area contributed by atoms with E-state index in [4.69, 9.17) is 14.6 Å². The standard InChI is InChI=1S/C13H25NO4/c1-10(2)14(6-8-17-9-7-15)13(16)12-5-4-11(3)18-12/h10-12,15H,4-9H2,1-3H3. The average molecular weight is 259 g/mol. The molecule has 106 valence electrons. The lowest BCUT2D eigenvalue weighted by Crippen LogP contribution is -2.45. The fourth-order valence-corrected chi connectivity index (χ4v) is 2.12. The minimum absolute atomic E-state index is 0.0128. The zero-order chi connectivity index (χ0) is 13.5. The third-order valence-electron chi connectivity index (χ3n) is 3.13. The molecular formula is C13H25NO4. The molecule has 0 radical (unpaired) electrons. The van der Waals surface area contributed by atoms with E-state index in [-0.39, 0.29) is 30.8 Å². The molecule has 0 aromatic heterocycles. The van der Waals surface area contributed by atoms with Crippen LogP contribution in [0, 0.1) is 0 Å². The lowest BCUT2D eigenvalue weighted by molar-refractivity contribution is -0.145. The van der Waals surface area contributed by atoms with Crippen LogP contribution in [-0.4, -0.2) is 60.5 Å². The number of hydrogen-bond donors (Lipinski definition) is 1. The molecule has 0 aromatic carbocycles. The van der Waals surface area contributed by atoms with Crippen molar-refractivity contribution in [3.63, 3.8) is 0 Å². The van der Waals surface area contributed by atoms with Gasteiger partial charge in [0.25, 0.3) is 5.91 Å². The first-order valence-electron chi connectivity index (χ1n) is 6.70. The maximum absolute atomic E-state index is 12.3. The number of nitrogens with zero attached hydrogens (tertiary/aromatic N) is 1. The monoisotopic (exact) mass is 259 g/mol. The summed E-state index contributed by atoms with van der Waals surface area (Å²) in [6.45, 7) is 7.30. The van der Waals surface area contributed by atoms with Crippen molar-refractivity contribution >= 4 is 5.91 Å². The Morgan fingerprint density at radius 1 is 1.44 bits per heavy atom. The van der Waals surface area contributed by atoms with Crippen molar-refractivity contribution in [2.75, 3.05) is 26.4 Å². The fourth-order valence-electron chi connectivity index (χ4n) is 2.12. The molecule has 5 nitrogen and oxygen atoms in total. The van der Waals surface area contributed by atoms with Crippen LogP contribution in [0.4, 0.5) is 0 Å². The molecule has 1 heterocycles. The zero-order valence-corrected chi connectivity index (χ0v) is 11.6. The van der Waals surface area contributed by atoms with Gasteiger partial charge in [0, 0.05) is 12.6 Å². The number of carbonyl (C=O) groups excluding carboxylic acids is 1. The second-order valence-electron chi connectivity index (χ2n) is 4.97. The van der Waals surface area contributed by atoms with Crippen LogP contribution in [-0.2, 0) is 14.3 Å². The number of aliphatic hydroxyl groups is 1. The van der Waals surface area contributed by atoms with Crippen LogP contribution in [0.15, 0.2) is 0 Å². The number of ether oxygens (including phenoxy) is 2. The van der Waals surface area contributed by atoms with Gasteiger partial charge < -0.3 is 19.5 Å². The summed E-state index contributed by atoms with van der Waals surface area (Å²) in [7, 11) is 0. The maximum Gasteiger partial charge on any atom is 0.252 e. The second-order valence-corrected chi connectivity index (χ2v) is 4.97. The van der Waals surface area contributed by atoms with E-state index < -0.39 is 0 Å². The van der Waals surface area contributed by atoms with Crippen LogP contribution in [0.5, 0.6) is 0 Å². The molecule has 1 rings (SSSR count). The Balaban J connectivity index is 2.42. The minimum Gasteiger partial charge on any atom is -0.394 e. The van der Waals surface area contributed by atoms with E-state index in [9.17, 15) is 4.79 Å². The van der Waals surface area contributed by atoms with Gasteiger partial charge >= 0.3 is 0 Å². The van der Waals surface area contributed by atoms with Crippen molar-refractivity contribution in [2.45, 2.75) is 51.9 Å². The van der Waals surface area contributed by atoms with E-state index in [0.717, 1.165) is 12.8 Å². The topological polar surface area (TPSA) is 59.0 Å². The molecule has 0 spiro atoms. The summed E-state index contributed by atoms with van der Waals surface area (Å²) < 4.78 is 10.8. The molecule has 0 aliphatic carbocycles. The predicted molar refractivity (Wildman–Crippen MR) is 68.3 cm³/mol. The van der Waals surface area contributed by atoms with Crippen LogP contribution in [0.2, 0.25) is 0 Å². The summed E-state index contributed by atoms with van der Waals surface area (Å²) in [4.78, 5) is 14.1. The molecule has 1 aliphatic rings. The molecule has 2 atom stereocenters. The molecule has 18 heavy (non-hydrogen) atoms. The van der Waals surface area contributed by atoms with Crippen molar-refractivity contribution in [3.05, 3.63) is 0 Å².